The first kappa shape index (κ1) is 15.7. The number of hydrogen-bond donors (Lipinski definition) is 2. The second-order valence-electron chi connectivity index (χ2n) is 3.93. The van der Waals surface area contributed by atoms with Gasteiger partial charge in [0.1, 0.15) is 5.75 Å². The first-order valence-corrected chi connectivity index (χ1v) is 6.69. The van der Waals surface area contributed by atoms with Gasteiger partial charge in [-0.1, -0.05) is 11.8 Å². The number of ether oxygens (including phenoxy) is 1. The van der Waals surface area contributed by atoms with Crippen LogP contribution in [0.4, 0.5) is 27.6 Å². The first-order valence-electron chi connectivity index (χ1n) is 5.71. The van der Waals surface area contributed by atoms with Crippen molar-refractivity contribution in [1.82, 2.24) is 5.43 Å². The van der Waals surface area contributed by atoms with E-state index in [-0.39, 0.29) is 0 Å². The molecule has 1 aliphatic heterocycles. The molecule has 0 unspecified atom stereocenters. The van der Waals surface area contributed by atoms with Crippen molar-refractivity contribution in [2.24, 2.45) is 4.99 Å². The number of hydrogen-bond acceptors (Lipinski definition) is 5. The molecule has 2 N–H and O–H groups in total. The van der Waals surface area contributed by atoms with Gasteiger partial charge >= 0.3 is 12.3 Å². The Morgan fingerprint density at radius 3 is 2.24 bits per heavy atom. The molecule has 0 radical (unpaired) electrons. The topological polar surface area (TPSA) is 45.6 Å². The minimum Gasteiger partial charge on any atom is -0.426 e. The summed E-state index contributed by atoms with van der Waals surface area (Å²) in [6, 6.07) is 4.62. The lowest BCUT2D eigenvalue weighted by Crippen LogP contribution is -2.41. The van der Waals surface area contributed by atoms with E-state index in [0.717, 1.165) is 17.9 Å². The largest absolute Gasteiger partial charge is 0.499 e. The molecule has 21 heavy (non-hydrogen) atoms. The molecule has 4 nitrogen and oxygen atoms in total. The zero-order valence-corrected chi connectivity index (χ0v) is 11.2. The highest BCUT2D eigenvalue weighted by Gasteiger charge is 2.61. The zero-order valence-electron chi connectivity index (χ0n) is 10.4. The molecule has 0 spiro atoms. The number of anilines is 1. The van der Waals surface area contributed by atoms with E-state index in [4.69, 9.17) is 0 Å². The number of nitrogens with zero attached hydrogens (tertiary/aromatic N) is 1. The summed E-state index contributed by atoms with van der Waals surface area (Å²) >= 11 is 1.50. The monoisotopic (exact) mass is 327 g/mol. The van der Waals surface area contributed by atoms with Crippen LogP contribution in [0.3, 0.4) is 0 Å². The summed E-state index contributed by atoms with van der Waals surface area (Å²) in [5.41, 5.74) is 5.99. The fourth-order valence-corrected chi connectivity index (χ4v) is 2.03. The second-order valence-corrected chi connectivity index (χ2v) is 5.01. The molecule has 1 heterocycles. The summed E-state index contributed by atoms with van der Waals surface area (Å²) in [6.45, 7) is 0.702. The van der Waals surface area contributed by atoms with Crippen molar-refractivity contribution in [1.29, 1.82) is 0 Å². The third-order valence-corrected chi connectivity index (χ3v) is 3.22. The molecule has 0 fully saturated rings. The molecule has 1 aromatic rings. The quantitative estimate of drug-likeness (QED) is 0.658. The number of hydrazine groups is 1. The van der Waals surface area contributed by atoms with Crippen LogP contribution in [-0.2, 0) is 0 Å². The maximum Gasteiger partial charge on any atom is 0.499 e. The van der Waals surface area contributed by atoms with Crippen molar-refractivity contribution in [3.63, 3.8) is 0 Å². The average molecular weight is 327 g/mol. The summed E-state index contributed by atoms with van der Waals surface area (Å²) in [6.07, 6.45) is -11.0. The van der Waals surface area contributed by atoms with Crippen molar-refractivity contribution in [3.05, 3.63) is 24.3 Å². The third kappa shape index (κ3) is 4.13. The molecule has 1 aliphatic rings. The van der Waals surface area contributed by atoms with Crippen LogP contribution < -0.4 is 15.6 Å². The van der Waals surface area contributed by atoms with Gasteiger partial charge in [-0.05, 0) is 24.3 Å². The molecule has 0 atom stereocenters. The standard InChI is InChI=1S/C11H10F5N3OS/c12-10(13,14)11(15,16)20-8-3-1-7(2-4-8)18-19-9-17-5-6-21-9/h1-4,18H,5-6H2,(H,17,19). The second kappa shape index (κ2) is 5.96. The highest BCUT2D eigenvalue weighted by molar-refractivity contribution is 8.14. The van der Waals surface area contributed by atoms with Crippen LogP contribution in [0.1, 0.15) is 0 Å². The summed E-state index contributed by atoms with van der Waals surface area (Å²) in [7, 11) is 0. The van der Waals surface area contributed by atoms with E-state index in [0.29, 0.717) is 17.4 Å². The van der Waals surface area contributed by atoms with Crippen molar-refractivity contribution in [3.8, 4) is 5.75 Å². The van der Waals surface area contributed by atoms with Crippen LogP contribution in [0.5, 0.6) is 5.75 Å². The average Bonchev–Trinajstić information content (AvgIpc) is 2.89. The van der Waals surface area contributed by atoms with E-state index < -0.39 is 18.0 Å². The van der Waals surface area contributed by atoms with E-state index in [2.05, 4.69) is 20.6 Å². The molecular weight excluding hydrogens is 317 g/mol. The number of thioether (sulfide) groups is 1. The Hall–Kier alpha value is -1.71. The summed E-state index contributed by atoms with van der Waals surface area (Å²) in [5, 5.41) is 0.680. The number of amidine groups is 1. The maximum atomic E-state index is 12.7. The van der Waals surface area contributed by atoms with Crippen LogP contribution in [-0.4, -0.2) is 29.8 Å². The number of alkyl halides is 5. The summed E-state index contributed by atoms with van der Waals surface area (Å²) in [5.74, 6) is 0.277. The molecule has 1 aromatic carbocycles. The van der Waals surface area contributed by atoms with Crippen molar-refractivity contribution in [2.75, 3.05) is 17.7 Å². The molecular formula is C11H10F5N3OS. The fourth-order valence-electron chi connectivity index (χ4n) is 1.35. The predicted molar refractivity (Wildman–Crippen MR) is 69.6 cm³/mol. The Balaban J connectivity index is 1.92. The smallest absolute Gasteiger partial charge is 0.426 e. The molecule has 116 valence electrons. The molecule has 0 bridgehead atoms. The number of nitrogens with one attached hydrogen (secondary N) is 2. The van der Waals surface area contributed by atoms with E-state index in [1.165, 1.54) is 23.9 Å². The summed E-state index contributed by atoms with van der Waals surface area (Å²) < 4.78 is 65.0. The zero-order chi connectivity index (χ0) is 15.5. The lowest BCUT2D eigenvalue weighted by Gasteiger charge is -2.20. The Kier molecular flexibility index (Phi) is 4.45. The van der Waals surface area contributed by atoms with E-state index in [9.17, 15) is 22.0 Å². The molecule has 0 saturated heterocycles. The Bertz CT molecular complexity index is 518. The van der Waals surface area contributed by atoms with Crippen LogP contribution in [0.25, 0.3) is 0 Å². The van der Waals surface area contributed by atoms with Crippen LogP contribution in [0, 0.1) is 0 Å². The van der Waals surface area contributed by atoms with E-state index in [1.54, 1.807) is 0 Å². The fraction of sp³-hybridized carbons (Fsp3) is 0.364. The number of rotatable bonds is 4. The summed E-state index contributed by atoms with van der Waals surface area (Å²) in [4.78, 5) is 4.10. The van der Waals surface area contributed by atoms with Gasteiger partial charge in [-0.25, -0.2) is 0 Å². The number of halogens is 5. The number of aliphatic imine (C=N–C) groups is 1. The van der Waals surface area contributed by atoms with Crippen LogP contribution >= 0.6 is 11.8 Å². The molecule has 2 rings (SSSR count). The van der Waals surface area contributed by atoms with Gasteiger partial charge in [0.15, 0.2) is 5.17 Å². The molecule has 0 saturated carbocycles. The van der Waals surface area contributed by atoms with Gasteiger partial charge in [0, 0.05) is 5.75 Å². The SMILES string of the molecule is FC(F)(F)C(F)(F)Oc1ccc(NNC2=NCCS2)cc1. The van der Waals surface area contributed by atoms with Gasteiger partial charge in [-0.3, -0.25) is 15.8 Å². The minimum absolute atomic E-state index is 0.466. The van der Waals surface area contributed by atoms with Gasteiger partial charge in [0.05, 0.1) is 12.2 Å². The number of benzene rings is 1. The Morgan fingerprint density at radius 2 is 1.71 bits per heavy atom. The highest BCUT2D eigenvalue weighted by Crippen LogP contribution is 2.37. The van der Waals surface area contributed by atoms with Gasteiger partial charge in [-0.15, -0.1) is 0 Å². The van der Waals surface area contributed by atoms with Crippen molar-refractivity contribution < 1.29 is 26.7 Å². The van der Waals surface area contributed by atoms with E-state index >= 15 is 0 Å². The molecule has 0 aliphatic carbocycles. The lowest BCUT2D eigenvalue weighted by molar-refractivity contribution is -0.360. The van der Waals surface area contributed by atoms with Gasteiger partial charge < -0.3 is 4.74 Å². The molecule has 0 amide bonds. The van der Waals surface area contributed by atoms with Crippen LogP contribution in [0.2, 0.25) is 0 Å². The predicted octanol–water partition coefficient (Wildman–Crippen LogP) is 3.24. The Morgan fingerprint density at radius 1 is 1.05 bits per heavy atom. The van der Waals surface area contributed by atoms with Gasteiger partial charge in [-0.2, -0.15) is 22.0 Å². The Labute approximate surface area is 120 Å². The van der Waals surface area contributed by atoms with Gasteiger partial charge in [0.2, 0.25) is 0 Å². The van der Waals surface area contributed by atoms with Gasteiger partial charge in [0.25, 0.3) is 0 Å². The highest BCUT2D eigenvalue weighted by atomic mass is 32.2. The van der Waals surface area contributed by atoms with E-state index in [1.807, 2.05) is 0 Å². The first-order chi connectivity index (χ1) is 9.78. The van der Waals surface area contributed by atoms with Crippen molar-refractivity contribution in [2.45, 2.75) is 12.3 Å². The van der Waals surface area contributed by atoms with Crippen LogP contribution in [0.15, 0.2) is 29.3 Å². The maximum absolute atomic E-state index is 12.7. The molecule has 10 heteroatoms. The third-order valence-electron chi connectivity index (χ3n) is 2.33. The van der Waals surface area contributed by atoms with Crippen molar-refractivity contribution >= 4 is 22.6 Å². The minimum atomic E-state index is -5.76. The normalized spacial score (nSPS) is 15.6. The molecule has 0 aromatic heterocycles. The lowest BCUT2D eigenvalue weighted by atomic mass is 10.3.